The van der Waals surface area contributed by atoms with E-state index in [1.54, 1.807) is 0 Å². The van der Waals surface area contributed by atoms with Crippen LogP contribution in [0.15, 0.2) is 133 Å². The molecule has 6 heteroatoms. The van der Waals surface area contributed by atoms with Crippen LogP contribution in [0.3, 0.4) is 0 Å². The molecular weight excluding hydrogens is 548 g/mol. The number of carbonyl (C=O) groups excluding carboxylic acids is 1. The van der Waals surface area contributed by atoms with Gasteiger partial charge in [-0.1, -0.05) is 139 Å². The summed E-state index contributed by atoms with van der Waals surface area (Å²) >= 11 is 0. The third-order valence-corrected chi connectivity index (χ3v) is 8.40. The normalized spacial score (nSPS) is 13.0. The molecular formula is C38H34N2O4. The van der Waals surface area contributed by atoms with Gasteiger partial charge in [0, 0.05) is 12.5 Å². The van der Waals surface area contributed by atoms with Crippen molar-refractivity contribution < 1.29 is 19.4 Å². The zero-order valence-corrected chi connectivity index (χ0v) is 24.4. The number of carboxylic acids is 1. The van der Waals surface area contributed by atoms with E-state index in [-0.39, 0.29) is 19.1 Å². The van der Waals surface area contributed by atoms with E-state index >= 15 is 0 Å². The Labute approximate surface area is 257 Å². The van der Waals surface area contributed by atoms with Gasteiger partial charge in [-0.15, -0.1) is 0 Å². The minimum Gasteiger partial charge on any atom is -0.480 e. The van der Waals surface area contributed by atoms with Crippen LogP contribution in [-0.4, -0.2) is 36.4 Å². The van der Waals surface area contributed by atoms with Crippen LogP contribution in [0.2, 0.25) is 0 Å². The first kappa shape index (κ1) is 28.9. The van der Waals surface area contributed by atoms with E-state index < -0.39 is 23.6 Å². The quantitative estimate of drug-likeness (QED) is 0.157. The van der Waals surface area contributed by atoms with Crippen LogP contribution in [-0.2, 0) is 15.1 Å². The largest absolute Gasteiger partial charge is 0.480 e. The van der Waals surface area contributed by atoms with E-state index in [1.165, 1.54) is 0 Å². The van der Waals surface area contributed by atoms with E-state index in [2.05, 4.69) is 34.9 Å². The predicted octanol–water partition coefficient (Wildman–Crippen LogP) is 6.87. The number of aryl methyl sites for hydroxylation is 1. The highest BCUT2D eigenvalue weighted by Crippen LogP contribution is 2.44. The van der Waals surface area contributed by atoms with Crippen LogP contribution in [0.25, 0.3) is 11.1 Å². The van der Waals surface area contributed by atoms with Crippen LogP contribution >= 0.6 is 0 Å². The Morgan fingerprint density at radius 3 is 1.70 bits per heavy atom. The summed E-state index contributed by atoms with van der Waals surface area (Å²) in [4.78, 5) is 25.6. The van der Waals surface area contributed by atoms with Crippen LogP contribution < -0.4 is 10.6 Å². The number of fused-ring (bicyclic) bond motifs is 3. The number of carboxylic acid groups (broad SMARTS) is 1. The predicted molar refractivity (Wildman–Crippen MR) is 172 cm³/mol. The number of hydrogen-bond acceptors (Lipinski definition) is 4. The van der Waals surface area contributed by atoms with Gasteiger partial charge in [0.25, 0.3) is 0 Å². The molecule has 0 spiro atoms. The Morgan fingerprint density at radius 2 is 1.18 bits per heavy atom. The lowest BCUT2D eigenvalue weighted by atomic mass is 9.76. The van der Waals surface area contributed by atoms with Crippen molar-refractivity contribution in [2.45, 2.75) is 24.4 Å². The van der Waals surface area contributed by atoms with Crippen molar-refractivity contribution in [3.8, 4) is 11.1 Å². The lowest BCUT2D eigenvalue weighted by Crippen LogP contribution is -2.54. The molecule has 0 radical (unpaired) electrons. The topological polar surface area (TPSA) is 87.7 Å². The number of hydrogen-bond donors (Lipinski definition) is 3. The Hall–Kier alpha value is -5.20. The highest BCUT2D eigenvalue weighted by atomic mass is 16.5. The summed E-state index contributed by atoms with van der Waals surface area (Å²) in [6.45, 7) is 2.07. The van der Waals surface area contributed by atoms with Crippen LogP contribution in [0.1, 0.15) is 39.3 Å². The van der Waals surface area contributed by atoms with Crippen LogP contribution in [0.4, 0.5) is 4.79 Å². The van der Waals surface area contributed by atoms with Gasteiger partial charge < -0.3 is 15.2 Å². The summed E-state index contributed by atoms with van der Waals surface area (Å²) in [5.74, 6) is -1.29. The molecule has 5 aromatic carbocycles. The summed E-state index contributed by atoms with van der Waals surface area (Å²) in [5.41, 5.74) is 7.50. The van der Waals surface area contributed by atoms with E-state index in [9.17, 15) is 14.7 Å². The molecule has 1 amide bonds. The summed E-state index contributed by atoms with van der Waals surface area (Å²) in [7, 11) is 0. The smallest absolute Gasteiger partial charge is 0.407 e. The molecule has 220 valence electrons. The summed E-state index contributed by atoms with van der Waals surface area (Å²) in [6.07, 6.45) is -0.776. The fourth-order valence-electron chi connectivity index (χ4n) is 6.22. The van der Waals surface area contributed by atoms with Gasteiger partial charge in [-0.05, 0) is 45.9 Å². The van der Waals surface area contributed by atoms with Crippen LogP contribution in [0, 0.1) is 6.92 Å². The number of ether oxygens (including phenoxy) is 1. The molecule has 0 saturated heterocycles. The molecule has 44 heavy (non-hydrogen) atoms. The molecule has 1 aliphatic rings. The van der Waals surface area contributed by atoms with Crippen molar-refractivity contribution in [2.24, 2.45) is 0 Å². The average Bonchev–Trinajstić information content (AvgIpc) is 3.38. The highest BCUT2D eigenvalue weighted by molar-refractivity contribution is 5.81. The first-order chi connectivity index (χ1) is 21.5. The highest BCUT2D eigenvalue weighted by Gasteiger charge is 2.38. The lowest BCUT2D eigenvalue weighted by Gasteiger charge is -2.38. The molecule has 6 rings (SSSR count). The number of carbonyl (C=O) groups is 2. The number of nitrogens with one attached hydrogen (secondary N) is 2. The minimum atomic E-state index is -1.25. The van der Waals surface area contributed by atoms with Crippen molar-refractivity contribution in [3.05, 3.63) is 167 Å². The van der Waals surface area contributed by atoms with Gasteiger partial charge in [-0.25, -0.2) is 9.59 Å². The van der Waals surface area contributed by atoms with E-state index in [1.807, 2.05) is 116 Å². The number of aliphatic carboxylic acids is 1. The molecule has 0 heterocycles. The summed E-state index contributed by atoms with van der Waals surface area (Å²) in [5, 5.41) is 16.4. The van der Waals surface area contributed by atoms with Crippen molar-refractivity contribution in [1.82, 2.24) is 10.6 Å². The molecule has 0 bridgehead atoms. The van der Waals surface area contributed by atoms with Gasteiger partial charge >= 0.3 is 12.1 Å². The Morgan fingerprint density at radius 1 is 0.705 bits per heavy atom. The third-order valence-electron chi connectivity index (χ3n) is 8.40. The molecule has 0 saturated carbocycles. The second-order valence-corrected chi connectivity index (χ2v) is 11.1. The van der Waals surface area contributed by atoms with E-state index in [4.69, 9.17) is 4.74 Å². The molecule has 0 fully saturated rings. The number of benzene rings is 5. The zero-order chi connectivity index (χ0) is 30.5. The minimum absolute atomic E-state index is 0.0583. The first-order valence-electron chi connectivity index (χ1n) is 14.7. The van der Waals surface area contributed by atoms with Crippen LogP contribution in [0.5, 0.6) is 0 Å². The third kappa shape index (κ3) is 5.60. The van der Waals surface area contributed by atoms with Gasteiger partial charge in [-0.2, -0.15) is 0 Å². The lowest BCUT2D eigenvalue weighted by molar-refractivity contribution is -0.139. The van der Waals surface area contributed by atoms with E-state index in [0.717, 1.165) is 44.5 Å². The number of alkyl carbamates (subject to hydrolysis) is 1. The van der Waals surface area contributed by atoms with Gasteiger partial charge in [0.2, 0.25) is 0 Å². The molecule has 3 N–H and O–H groups in total. The second kappa shape index (κ2) is 12.6. The molecule has 0 unspecified atom stereocenters. The Kier molecular flexibility index (Phi) is 8.26. The van der Waals surface area contributed by atoms with Gasteiger partial charge in [-0.3, -0.25) is 5.32 Å². The van der Waals surface area contributed by atoms with Gasteiger partial charge in [0.1, 0.15) is 12.6 Å². The zero-order valence-electron chi connectivity index (χ0n) is 24.4. The van der Waals surface area contributed by atoms with Gasteiger partial charge in [0.15, 0.2) is 0 Å². The van der Waals surface area contributed by atoms with E-state index in [0.29, 0.717) is 0 Å². The fourth-order valence-corrected chi connectivity index (χ4v) is 6.22. The summed E-state index contributed by atoms with van der Waals surface area (Å²) < 4.78 is 5.68. The first-order valence-corrected chi connectivity index (χ1v) is 14.7. The average molecular weight is 583 g/mol. The maximum atomic E-state index is 13.1. The van der Waals surface area contributed by atoms with Crippen molar-refractivity contribution in [1.29, 1.82) is 0 Å². The molecule has 5 aromatic rings. The summed E-state index contributed by atoms with van der Waals surface area (Å²) in [6, 6.07) is 43.0. The molecule has 0 aliphatic heterocycles. The maximum absolute atomic E-state index is 13.1. The Balaban J connectivity index is 1.24. The molecule has 1 atom stereocenters. The fraction of sp³-hybridized carbons (Fsp3) is 0.158. The number of amides is 1. The van der Waals surface area contributed by atoms with Gasteiger partial charge in [0.05, 0.1) is 5.54 Å². The molecule has 0 aromatic heterocycles. The Bertz CT molecular complexity index is 1670. The molecule has 1 aliphatic carbocycles. The SMILES string of the molecule is Cc1ccc(C(NC[C@H](NC(=O)OCC2c3ccccc3-c3ccccc32)C(=O)O)(c2ccccc2)c2ccccc2)cc1. The maximum Gasteiger partial charge on any atom is 0.407 e. The molecule has 6 nitrogen and oxygen atoms in total. The number of rotatable bonds is 10. The standard InChI is InChI=1S/C38H34N2O4/c1-26-20-22-29(23-21-26)38(27-12-4-2-5-13-27,28-14-6-3-7-15-28)39-24-35(36(41)42)40-37(43)44-25-34-32-18-10-8-16-30(32)31-17-9-11-19-33(31)34/h2-23,34-35,39H,24-25H2,1H3,(H,40,43)(H,41,42)/t35-/m0/s1. The van der Waals surface area contributed by atoms with Crippen molar-refractivity contribution in [3.63, 3.8) is 0 Å². The van der Waals surface area contributed by atoms with Crippen molar-refractivity contribution >= 4 is 12.1 Å². The van der Waals surface area contributed by atoms with Crippen molar-refractivity contribution in [2.75, 3.05) is 13.2 Å². The second-order valence-electron chi connectivity index (χ2n) is 11.1. The monoisotopic (exact) mass is 582 g/mol.